The van der Waals surface area contributed by atoms with Crippen molar-refractivity contribution in [2.24, 2.45) is 0 Å². The van der Waals surface area contributed by atoms with E-state index < -0.39 is 0 Å². The summed E-state index contributed by atoms with van der Waals surface area (Å²) in [4.78, 5) is 2.57. The maximum absolute atomic E-state index is 6.11. The lowest BCUT2D eigenvalue weighted by Gasteiger charge is -2.38. The summed E-state index contributed by atoms with van der Waals surface area (Å²) in [6.07, 6.45) is 3.76. The van der Waals surface area contributed by atoms with Crippen LogP contribution < -0.4 is 5.32 Å². The molecule has 1 saturated heterocycles. The van der Waals surface area contributed by atoms with Gasteiger partial charge in [-0.1, -0.05) is 54.1 Å². The highest BCUT2D eigenvalue weighted by Crippen LogP contribution is 2.38. The fraction of sp³-hybridized carbons (Fsp3) is 0.429. The highest BCUT2D eigenvalue weighted by Gasteiger charge is 2.33. The number of rotatable bonds is 5. The van der Waals surface area contributed by atoms with Gasteiger partial charge in [-0.3, -0.25) is 4.90 Å². The van der Waals surface area contributed by atoms with Crippen LogP contribution >= 0.6 is 11.6 Å². The zero-order valence-electron chi connectivity index (χ0n) is 14.0. The molecule has 0 spiro atoms. The quantitative estimate of drug-likeness (QED) is 0.865. The Morgan fingerprint density at radius 3 is 2.62 bits per heavy atom. The van der Waals surface area contributed by atoms with Crippen LogP contribution in [-0.2, 0) is 6.54 Å². The Morgan fingerprint density at radius 1 is 1.00 bits per heavy atom. The molecular weight excluding hydrogens is 316 g/mol. The minimum Gasteiger partial charge on any atom is -0.310 e. The molecule has 1 saturated carbocycles. The van der Waals surface area contributed by atoms with E-state index in [0.717, 1.165) is 11.6 Å². The summed E-state index contributed by atoms with van der Waals surface area (Å²) >= 11 is 6.11. The molecule has 2 aromatic carbocycles. The smallest absolute Gasteiger partial charge is 0.0408 e. The van der Waals surface area contributed by atoms with Gasteiger partial charge in [0.1, 0.15) is 0 Å². The Bertz CT molecular complexity index is 667. The first-order valence-corrected chi connectivity index (χ1v) is 9.42. The fourth-order valence-corrected chi connectivity index (χ4v) is 4.27. The Morgan fingerprint density at radius 2 is 1.83 bits per heavy atom. The molecule has 1 aliphatic carbocycles. The molecule has 24 heavy (non-hydrogen) atoms. The second kappa shape index (κ2) is 7.26. The normalized spacial score (nSPS) is 27.1. The third-order valence-electron chi connectivity index (χ3n) is 5.45. The van der Waals surface area contributed by atoms with Gasteiger partial charge in [-0.25, -0.2) is 0 Å². The average Bonchev–Trinajstić information content (AvgIpc) is 2.98. The van der Waals surface area contributed by atoms with Gasteiger partial charge in [0.2, 0.25) is 0 Å². The van der Waals surface area contributed by atoms with Crippen LogP contribution in [0.3, 0.4) is 0 Å². The van der Waals surface area contributed by atoms with Gasteiger partial charge < -0.3 is 5.32 Å². The maximum Gasteiger partial charge on any atom is 0.0408 e. The molecule has 1 heterocycles. The van der Waals surface area contributed by atoms with Gasteiger partial charge in [0.15, 0.2) is 0 Å². The summed E-state index contributed by atoms with van der Waals surface area (Å²) in [5.74, 6) is 0.683. The molecule has 1 aliphatic heterocycles. The molecule has 1 N–H and O–H groups in total. The predicted molar refractivity (Wildman–Crippen MR) is 100 cm³/mol. The van der Waals surface area contributed by atoms with E-state index in [1.54, 1.807) is 0 Å². The van der Waals surface area contributed by atoms with Crippen LogP contribution in [-0.4, -0.2) is 30.1 Å². The van der Waals surface area contributed by atoms with E-state index >= 15 is 0 Å². The monoisotopic (exact) mass is 340 g/mol. The Kier molecular flexibility index (Phi) is 4.88. The third kappa shape index (κ3) is 3.83. The second-order valence-electron chi connectivity index (χ2n) is 7.29. The lowest BCUT2D eigenvalue weighted by atomic mass is 9.75. The minimum absolute atomic E-state index is 0.652. The molecule has 4 rings (SSSR count). The van der Waals surface area contributed by atoms with E-state index in [1.165, 1.54) is 43.5 Å². The van der Waals surface area contributed by atoms with Crippen molar-refractivity contribution in [2.75, 3.05) is 13.1 Å². The molecule has 1 unspecified atom stereocenters. The van der Waals surface area contributed by atoms with E-state index in [4.69, 9.17) is 11.6 Å². The van der Waals surface area contributed by atoms with Crippen LogP contribution in [0.15, 0.2) is 54.6 Å². The van der Waals surface area contributed by atoms with Crippen LogP contribution in [0, 0.1) is 0 Å². The minimum atomic E-state index is 0.652. The molecule has 1 atom stereocenters. The number of halogens is 1. The fourth-order valence-electron chi connectivity index (χ4n) is 4.07. The SMILES string of the molecule is Clc1cccc(C2CC(NC3CCN(Cc4ccccc4)C3)C2)c1. The van der Waals surface area contributed by atoms with Crippen molar-refractivity contribution in [3.8, 4) is 0 Å². The van der Waals surface area contributed by atoms with Gasteiger partial charge in [0.25, 0.3) is 0 Å². The third-order valence-corrected chi connectivity index (χ3v) is 5.69. The number of hydrogen-bond donors (Lipinski definition) is 1. The van der Waals surface area contributed by atoms with Crippen molar-refractivity contribution in [3.63, 3.8) is 0 Å². The van der Waals surface area contributed by atoms with E-state index in [1.807, 2.05) is 6.07 Å². The van der Waals surface area contributed by atoms with E-state index in [2.05, 4.69) is 58.7 Å². The van der Waals surface area contributed by atoms with Crippen LogP contribution in [0.5, 0.6) is 0 Å². The first-order chi connectivity index (χ1) is 11.8. The predicted octanol–water partition coefficient (Wildman–Crippen LogP) is 4.45. The average molecular weight is 341 g/mol. The highest BCUT2D eigenvalue weighted by molar-refractivity contribution is 6.30. The van der Waals surface area contributed by atoms with Crippen molar-refractivity contribution in [1.29, 1.82) is 0 Å². The lowest BCUT2D eigenvalue weighted by molar-refractivity contribution is 0.255. The van der Waals surface area contributed by atoms with Gasteiger partial charge in [0, 0.05) is 36.7 Å². The highest BCUT2D eigenvalue weighted by atomic mass is 35.5. The van der Waals surface area contributed by atoms with E-state index in [9.17, 15) is 0 Å². The van der Waals surface area contributed by atoms with Crippen LogP contribution in [0.25, 0.3) is 0 Å². The summed E-state index contributed by atoms with van der Waals surface area (Å²) < 4.78 is 0. The van der Waals surface area contributed by atoms with Crippen molar-refractivity contribution in [2.45, 2.75) is 43.8 Å². The van der Waals surface area contributed by atoms with Gasteiger partial charge >= 0.3 is 0 Å². The van der Waals surface area contributed by atoms with Gasteiger partial charge in [0.05, 0.1) is 0 Å². The summed E-state index contributed by atoms with van der Waals surface area (Å²) in [6, 6.07) is 20.5. The zero-order chi connectivity index (χ0) is 16.4. The summed E-state index contributed by atoms with van der Waals surface area (Å²) in [7, 11) is 0. The molecule has 3 heteroatoms. The van der Waals surface area contributed by atoms with Crippen molar-refractivity contribution in [1.82, 2.24) is 10.2 Å². The van der Waals surface area contributed by atoms with Crippen LogP contribution in [0.1, 0.15) is 36.3 Å². The van der Waals surface area contributed by atoms with E-state index in [-0.39, 0.29) is 0 Å². The summed E-state index contributed by atoms with van der Waals surface area (Å²) in [5.41, 5.74) is 2.82. The zero-order valence-corrected chi connectivity index (χ0v) is 14.8. The topological polar surface area (TPSA) is 15.3 Å². The van der Waals surface area contributed by atoms with Gasteiger partial charge in [-0.15, -0.1) is 0 Å². The molecule has 2 aliphatic rings. The Labute approximate surface area is 149 Å². The molecule has 2 aromatic rings. The second-order valence-corrected chi connectivity index (χ2v) is 7.73. The van der Waals surface area contributed by atoms with Gasteiger partial charge in [-0.05, 0) is 48.4 Å². The molecule has 0 aromatic heterocycles. The van der Waals surface area contributed by atoms with E-state index in [0.29, 0.717) is 18.0 Å². The molecule has 0 radical (unpaired) electrons. The summed E-state index contributed by atoms with van der Waals surface area (Å²) in [5, 5.41) is 4.73. The number of likely N-dealkylation sites (tertiary alicyclic amines) is 1. The van der Waals surface area contributed by atoms with Crippen LogP contribution in [0.2, 0.25) is 5.02 Å². The number of nitrogens with zero attached hydrogens (tertiary/aromatic N) is 1. The number of hydrogen-bond acceptors (Lipinski definition) is 2. The lowest BCUT2D eigenvalue weighted by Crippen LogP contribution is -2.46. The maximum atomic E-state index is 6.11. The molecule has 0 amide bonds. The van der Waals surface area contributed by atoms with Crippen molar-refractivity contribution >= 4 is 11.6 Å². The Hall–Kier alpha value is -1.35. The first-order valence-electron chi connectivity index (χ1n) is 9.04. The van der Waals surface area contributed by atoms with Crippen molar-refractivity contribution < 1.29 is 0 Å². The number of benzene rings is 2. The molecule has 126 valence electrons. The molecule has 0 bridgehead atoms. The first kappa shape index (κ1) is 16.1. The Balaban J connectivity index is 1.22. The number of nitrogens with one attached hydrogen (secondary N) is 1. The van der Waals surface area contributed by atoms with Crippen LogP contribution in [0.4, 0.5) is 0 Å². The molecule has 2 nitrogen and oxygen atoms in total. The summed E-state index contributed by atoms with van der Waals surface area (Å²) in [6.45, 7) is 3.46. The molecular formula is C21H25ClN2. The largest absolute Gasteiger partial charge is 0.310 e. The van der Waals surface area contributed by atoms with Crippen molar-refractivity contribution in [3.05, 3.63) is 70.7 Å². The standard InChI is InChI=1S/C21H25ClN2/c22-19-8-4-7-17(11-19)18-12-21(13-18)23-20-9-10-24(15-20)14-16-5-2-1-3-6-16/h1-8,11,18,20-21,23H,9-10,12-15H2. The molecule has 2 fully saturated rings. The van der Waals surface area contributed by atoms with Gasteiger partial charge in [-0.2, -0.15) is 0 Å².